The maximum atomic E-state index is 14.2. The number of hydrogen-bond donors (Lipinski definition) is 3. The van der Waals surface area contributed by atoms with Gasteiger partial charge < -0.3 is 25.4 Å². The Labute approximate surface area is 214 Å². The van der Waals surface area contributed by atoms with Crippen LogP contribution in [0.25, 0.3) is 0 Å². The van der Waals surface area contributed by atoms with E-state index in [0.29, 0.717) is 19.4 Å². The highest BCUT2D eigenvalue weighted by Crippen LogP contribution is 2.63. The molecule has 7 atom stereocenters. The van der Waals surface area contributed by atoms with Crippen LogP contribution in [0.1, 0.15) is 64.5 Å². The molecule has 2 unspecified atom stereocenters. The molecule has 36 heavy (non-hydrogen) atoms. The minimum atomic E-state index is -1.11. The van der Waals surface area contributed by atoms with Gasteiger partial charge in [-0.2, -0.15) is 0 Å². The number of anilines is 1. The molecule has 198 valence electrons. The van der Waals surface area contributed by atoms with Crippen molar-refractivity contribution < 1.29 is 24.2 Å². The molecule has 3 heterocycles. The molecule has 0 radical (unpaired) electrons. The number of carbonyl (C=O) groups is 3. The van der Waals surface area contributed by atoms with Crippen LogP contribution in [-0.4, -0.2) is 64.2 Å². The Bertz CT molecular complexity index is 1020. The van der Waals surface area contributed by atoms with E-state index in [2.05, 4.69) is 10.6 Å². The van der Waals surface area contributed by atoms with Gasteiger partial charge in [-0.3, -0.25) is 14.4 Å². The van der Waals surface area contributed by atoms with Gasteiger partial charge in [0.15, 0.2) is 0 Å². The third-order valence-electron chi connectivity index (χ3n) is 8.87. The fourth-order valence-electron chi connectivity index (χ4n) is 6.80. The fourth-order valence-corrected chi connectivity index (χ4v) is 6.80. The summed E-state index contributed by atoms with van der Waals surface area (Å²) in [6, 6.07) is 4.32. The first-order chi connectivity index (χ1) is 17.1. The molecule has 3 aliphatic heterocycles. The van der Waals surface area contributed by atoms with Crippen LogP contribution in [0.15, 0.2) is 18.2 Å². The number of amides is 3. The zero-order valence-electron chi connectivity index (χ0n) is 22.4. The van der Waals surface area contributed by atoms with E-state index in [1.165, 1.54) is 0 Å². The third kappa shape index (κ3) is 3.93. The van der Waals surface area contributed by atoms with Gasteiger partial charge in [0.05, 0.1) is 30.1 Å². The molecule has 0 aromatic heterocycles. The number of benzene rings is 1. The minimum Gasteiger partial charge on any atom is -0.394 e. The Kier molecular flexibility index (Phi) is 7.23. The maximum absolute atomic E-state index is 14.2. The van der Waals surface area contributed by atoms with Gasteiger partial charge in [0.2, 0.25) is 17.7 Å². The molecule has 4 rings (SSSR count). The van der Waals surface area contributed by atoms with Crippen LogP contribution in [-0.2, 0) is 19.1 Å². The van der Waals surface area contributed by atoms with Crippen LogP contribution in [0.4, 0.5) is 5.69 Å². The van der Waals surface area contributed by atoms with Gasteiger partial charge in [-0.15, -0.1) is 0 Å². The zero-order valence-corrected chi connectivity index (χ0v) is 22.4. The number of para-hydroxylation sites is 1. The van der Waals surface area contributed by atoms with Gasteiger partial charge in [-0.1, -0.05) is 45.4 Å². The fraction of sp³-hybridized carbons (Fsp3) is 0.679. The summed E-state index contributed by atoms with van der Waals surface area (Å²) >= 11 is 0. The molecule has 3 N–H and O–H groups in total. The number of aliphatic hydroxyl groups excluding tert-OH is 1. The molecular weight excluding hydrogens is 458 g/mol. The van der Waals surface area contributed by atoms with Crippen molar-refractivity contribution >= 4 is 23.4 Å². The Hall–Kier alpha value is -2.45. The van der Waals surface area contributed by atoms with Crippen LogP contribution in [0, 0.1) is 31.6 Å². The first-order valence-electron chi connectivity index (χ1n) is 13.3. The first-order valence-corrected chi connectivity index (χ1v) is 13.3. The molecule has 0 saturated carbocycles. The lowest BCUT2D eigenvalue weighted by molar-refractivity contribution is -0.149. The second-order valence-corrected chi connectivity index (χ2v) is 11.2. The molecule has 3 fully saturated rings. The summed E-state index contributed by atoms with van der Waals surface area (Å²) in [5.41, 5.74) is 0.645. The maximum Gasteiger partial charge on any atom is 0.250 e. The van der Waals surface area contributed by atoms with Gasteiger partial charge in [-0.05, 0) is 57.1 Å². The summed E-state index contributed by atoms with van der Waals surface area (Å²) in [6.45, 7) is 12.0. The lowest BCUT2D eigenvalue weighted by Gasteiger charge is -2.39. The topological polar surface area (TPSA) is 108 Å². The summed E-state index contributed by atoms with van der Waals surface area (Å²) in [5.74, 6) is -2.27. The van der Waals surface area contributed by atoms with Crippen LogP contribution in [0.5, 0.6) is 0 Å². The molecule has 3 aliphatic rings. The molecule has 1 spiro atoms. The summed E-state index contributed by atoms with van der Waals surface area (Å²) in [4.78, 5) is 43.2. The highest BCUT2D eigenvalue weighted by molar-refractivity contribution is 6.04. The SMILES string of the molecule is CCCNC(=O)[C@@H]1[C@H]2C(=O)N([C@@H](CO)[C@@H](C)CC)C(C(=O)Nc3c(C)cccc3C)C23CC[C@@]1(C)O3. The molecule has 3 saturated heterocycles. The third-order valence-corrected chi connectivity index (χ3v) is 8.87. The number of rotatable bonds is 9. The van der Waals surface area contributed by atoms with E-state index in [1.54, 1.807) is 4.90 Å². The van der Waals surface area contributed by atoms with Crippen molar-refractivity contribution in [2.75, 3.05) is 18.5 Å². The number of hydrogen-bond acceptors (Lipinski definition) is 5. The van der Waals surface area contributed by atoms with Crippen molar-refractivity contribution in [1.29, 1.82) is 0 Å². The van der Waals surface area contributed by atoms with Crippen LogP contribution in [0.2, 0.25) is 0 Å². The Morgan fingerprint density at radius 1 is 1.19 bits per heavy atom. The second-order valence-electron chi connectivity index (χ2n) is 11.2. The highest BCUT2D eigenvalue weighted by atomic mass is 16.5. The normalized spacial score (nSPS) is 32.4. The number of likely N-dealkylation sites (tertiary alicyclic amines) is 1. The smallest absolute Gasteiger partial charge is 0.250 e. The quantitative estimate of drug-likeness (QED) is 0.484. The zero-order chi connectivity index (χ0) is 26.4. The van der Waals surface area contributed by atoms with Crippen molar-refractivity contribution in [2.24, 2.45) is 17.8 Å². The Morgan fingerprint density at radius 2 is 1.86 bits per heavy atom. The number of aryl methyl sites for hydroxylation is 2. The summed E-state index contributed by atoms with van der Waals surface area (Å²) < 4.78 is 6.66. The molecule has 8 heteroatoms. The number of fused-ring (bicyclic) bond motifs is 1. The molecular formula is C28H41N3O5. The predicted octanol–water partition coefficient (Wildman–Crippen LogP) is 2.94. The number of aliphatic hydroxyl groups is 1. The number of carbonyl (C=O) groups excluding carboxylic acids is 3. The monoisotopic (exact) mass is 499 g/mol. The number of nitrogens with one attached hydrogen (secondary N) is 2. The van der Waals surface area contributed by atoms with E-state index in [0.717, 1.165) is 29.7 Å². The molecule has 8 nitrogen and oxygen atoms in total. The Morgan fingerprint density at radius 3 is 2.44 bits per heavy atom. The van der Waals surface area contributed by atoms with E-state index in [9.17, 15) is 19.5 Å². The van der Waals surface area contributed by atoms with Crippen molar-refractivity contribution in [3.63, 3.8) is 0 Å². The predicted molar refractivity (Wildman–Crippen MR) is 137 cm³/mol. The van der Waals surface area contributed by atoms with Crippen molar-refractivity contribution in [2.45, 2.75) is 90.5 Å². The van der Waals surface area contributed by atoms with E-state index in [4.69, 9.17) is 4.74 Å². The number of nitrogens with zero attached hydrogens (tertiary/aromatic N) is 1. The van der Waals surface area contributed by atoms with Gasteiger partial charge in [0, 0.05) is 12.2 Å². The van der Waals surface area contributed by atoms with Crippen molar-refractivity contribution in [3.8, 4) is 0 Å². The van der Waals surface area contributed by atoms with Crippen LogP contribution in [0.3, 0.4) is 0 Å². The van der Waals surface area contributed by atoms with Gasteiger partial charge in [0.1, 0.15) is 11.6 Å². The largest absolute Gasteiger partial charge is 0.394 e. The summed E-state index contributed by atoms with van der Waals surface area (Å²) in [6.07, 6.45) is 2.62. The Balaban J connectivity index is 1.80. The van der Waals surface area contributed by atoms with Crippen molar-refractivity contribution in [3.05, 3.63) is 29.3 Å². The van der Waals surface area contributed by atoms with E-state index in [1.807, 2.05) is 59.7 Å². The molecule has 1 aromatic carbocycles. The standard InChI is InChI=1S/C28H41N3O5/c1-7-14-29-24(33)20-21-26(35)31(19(15-32)16(3)8-2)23(28(21)13-12-27(20,6)36-28)25(34)30-22-17(4)10-9-11-18(22)5/h9-11,16,19-21,23,32H,7-8,12-15H2,1-6H3,(H,29,33)(H,30,34)/t16-,19-,20-,21-,23?,27+,28?/m0/s1. The minimum absolute atomic E-state index is 0.0372. The molecule has 3 amide bonds. The molecule has 2 bridgehead atoms. The average Bonchev–Trinajstić information content (AvgIpc) is 3.41. The second kappa shape index (κ2) is 9.78. The van der Waals surface area contributed by atoms with Crippen LogP contribution < -0.4 is 10.6 Å². The van der Waals surface area contributed by atoms with Gasteiger partial charge in [-0.25, -0.2) is 0 Å². The van der Waals surface area contributed by atoms with Crippen LogP contribution >= 0.6 is 0 Å². The molecule has 1 aromatic rings. The lowest BCUT2D eigenvalue weighted by atomic mass is 9.66. The van der Waals surface area contributed by atoms with Crippen molar-refractivity contribution in [1.82, 2.24) is 10.2 Å². The lowest BCUT2D eigenvalue weighted by Crippen LogP contribution is -2.57. The highest BCUT2D eigenvalue weighted by Gasteiger charge is 2.78. The number of ether oxygens (including phenoxy) is 1. The summed E-state index contributed by atoms with van der Waals surface area (Å²) in [7, 11) is 0. The summed E-state index contributed by atoms with van der Waals surface area (Å²) in [5, 5.41) is 16.5. The molecule has 0 aliphatic carbocycles. The average molecular weight is 500 g/mol. The van der Waals surface area contributed by atoms with Gasteiger partial charge in [0.25, 0.3) is 0 Å². The first kappa shape index (κ1) is 26.6. The van der Waals surface area contributed by atoms with E-state index >= 15 is 0 Å². The van der Waals surface area contributed by atoms with Gasteiger partial charge >= 0.3 is 0 Å². The van der Waals surface area contributed by atoms with E-state index in [-0.39, 0.29) is 30.2 Å². The van der Waals surface area contributed by atoms with E-state index < -0.39 is 35.1 Å².